The Morgan fingerprint density at radius 1 is 0.742 bits per heavy atom. The predicted molar refractivity (Wildman–Crippen MR) is 123 cm³/mol. The second kappa shape index (κ2) is 18.5. The van der Waals surface area contributed by atoms with Crippen molar-refractivity contribution in [2.75, 3.05) is 13.2 Å². The minimum absolute atomic E-state index is 0.112. The van der Waals surface area contributed by atoms with Crippen molar-refractivity contribution < 1.29 is 23.0 Å². The zero-order valence-corrected chi connectivity index (χ0v) is 20.0. The molecule has 1 atom stereocenters. The van der Waals surface area contributed by atoms with E-state index in [1.165, 1.54) is 44.6 Å². The van der Waals surface area contributed by atoms with Crippen LogP contribution in [0.4, 0.5) is 8.78 Å². The van der Waals surface area contributed by atoms with E-state index in [1.54, 1.807) is 6.07 Å². The lowest BCUT2D eigenvalue weighted by Gasteiger charge is -2.24. The van der Waals surface area contributed by atoms with Crippen molar-refractivity contribution in [3.63, 3.8) is 0 Å². The number of unbranched alkanes of at least 4 members (excludes halogenated alkanes) is 8. The zero-order chi connectivity index (χ0) is 22.7. The lowest BCUT2D eigenvalue weighted by molar-refractivity contribution is -0.302. The first kappa shape index (κ1) is 28.0. The summed E-state index contributed by atoms with van der Waals surface area (Å²) < 4.78 is 44.1. The molecule has 0 radical (unpaired) electrons. The molecule has 5 heteroatoms. The number of hydrogen-bond acceptors (Lipinski definition) is 3. The molecule has 0 saturated heterocycles. The van der Waals surface area contributed by atoms with Gasteiger partial charge in [-0.1, -0.05) is 70.8 Å². The van der Waals surface area contributed by atoms with Gasteiger partial charge in [-0.3, -0.25) is 0 Å². The van der Waals surface area contributed by atoms with Gasteiger partial charge < -0.3 is 14.2 Å². The van der Waals surface area contributed by atoms with E-state index >= 15 is 0 Å². The molecule has 0 amide bonds. The molecule has 1 aromatic carbocycles. The molecular weight excluding hydrogens is 398 g/mol. The number of ether oxygens (including phenoxy) is 3. The van der Waals surface area contributed by atoms with Gasteiger partial charge >= 0.3 is 0 Å². The molecule has 1 unspecified atom stereocenters. The maximum atomic E-state index is 13.8. The molecule has 1 aromatic rings. The molecule has 0 aliphatic carbocycles. The van der Waals surface area contributed by atoms with Gasteiger partial charge in [0.25, 0.3) is 6.48 Å². The van der Waals surface area contributed by atoms with Crippen LogP contribution in [0.2, 0.25) is 0 Å². The number of hydrogen-bond donors (Lipinski definition) is 0. The number of aryl methyl sites for hydroxylation is 1. The Kier molecular flexibility index (Phi) is 16.7. The Labute approximate surface area is 188 Å². The first-order valence-electron chi connectivity index (χ1n) is 12.4. The van der Waals surface area contributed by atoms with E-state index in [2.05, 4.69) is 6.92 Å². The van der Waals surface area contributed by atoms with Crippen molar-refractivity contribution in [3.8, 4) is 0 Å². The lowest BCUT2D eigenvalue weighted by atomic mass is 10.0. The van der Waals surface area contributed by atoms with Crippen LogP contribution in [-0.4, -0.2) is 25.8 Å². The molecule has 0 aromatic heterocycles. The van der Waals surface area contributed by atoms with Gasteiger partial charge in [0.05, 0.1) is 6.10 Å². The minimum atomic E-state index is -0.599. The third-order valence-corrected chi connectivity index (χ3v) is 5.53. The molecule has 0 saturated carbocycles. The molecule has 0 aliphatic heterocycles. The highest BCUT2D eigenvalue weighted by molar-refractivity contribution is 5.18. The SMILES string of the molecule is CCCCCCCCCC(CCCCCc1ccc(F)cc1F)OC(OCC)OCC. The maximum absolute atomic E-state index is 13.8. The Balaban J connectivity index is 2.37. The molecule has 0 bridgehead atoms. The van der Waals surface area contributed by atoms with Gasteiger partial charge in [-0.2, -0.15) is 0 Å². The van der Waals surface area contributed by atoms with Crippen LogP contribution < -0.4 is 0 Å². The van der Waals surface area contributed by atoms with E-state index in [-0.39, 0.29) is 6.10 Å². The van der Waals surface area contributed by atoms with Crippen LogP contribution in [0, 0.1) is 11.6 Å². The van der Waals surface area contributed by atoms with Crippen LogP contribution >= 0.6 is 0 Å². The summed E-state index contributed by atoms with van der Waals surface area (Å²) >= 11 is 0. The predicted octanol–water partition coefficient (Wildman–Crippen LogP) is 7.95. The second-order valence-corrected chi connectivity index (χ2v) is 8.20. The molecule has 3 nitrogen and oxygen atoms in total. The third kappa shape index (κ3) is 13.9. The van der Waals surface area contributed by atoms with Crippen molar-refractivity contribution in [2.45, 2.75) is 117 Å². The average molecular weight is 443 g/mol. The normalized spacial score (nSPS) is 12.6. The van der Waals surface area contributed by atoms with Crippen LogP contribution in [0.25, 0.3) is 0 Å². The molecule has 0 fully saturated rings. The van der Waals surface area contributed by atoms with E-state index in [0.29, 0.717) is 25.2 Å². The molecular formula is C26H44F2O3. The highest BCUT2D eigenvalue weighted by Gasteiger charge is 2.17. The maximum Gasteiger partial charge on any atom is 0.271 e. The van der Waals surface area contributed by atoms with E-state index in [1.807, 2.05) is 13.8 Å². The van der Waals surface area contributed by atoms with Gasteiger partial charge in [0.2, 0.25) is 0 Å². The summed E-state index contributed by atoms with van der Waals surface area (Å²) in [6.45, 7) is 6.63. The highest BCUT2D eigenvalue weighted by Crippen LogP contribution is 2.19. The fourth-order valence-electron chi connectivity index (χ4n) is 3.75. The van der Waals surface area contributed by atoms with Gasteiger partial charge in [-0.25, -0.2) is 8.78 Å². The van der Waals surface area contributed by atoms with Gasteiger partial charge in [-0.05, 0) is 51.2 Å². The topological polar surface area (TPSA) is 27.7 Å². The van der Waals surface area contributed by atoms with Gasteiger partial charge in [0.15, 0.2) is 0 Å². The Hall–Kier alpha value is -1.04. The molecule has 0 spiro atoms. The number of benzene rings is 1. The van der Waals surface area contributed by atoms with E-state index < -0.39 is 18.1 Å². The Morgan fingerprint density at radius 3 is 1.90 bits per heavy atom. The first-order valence-corrected chi connectivity index (χ1v) is 12.4. The standard InChI is InChI=1S/C26H44F2O3/c1-4-7-8-9-10-11-14-17-24(31-26(29-5-2)30-6-3)18-15-12-13-16-22-19-20-23(27)21-25(22)28/h19-21,24,26H,4-18H2,1-3H3. The molecule has 0 heterocycles. The monoisotopic (exact) mass is 442 g/mol. The smallest absolute Gasteiger partial charge is 0.271 e. The molecule has 0 aliphatic rings. The van der Waals surface area contributed by atoms with Gasteiger partial charge in [0, 0.05) is 19.3 Å². The average Bonchev–Trinajstić information content (AvgIpc) is 2.74. The van der Waals surface area contributed by atoms with Crippen molar-refractivity contribution in [2.24, 2.45) is 0 Å². The van der Waals surface area contributed by atoms with Gasteiger partial charge in [0.1, 0.15) is 11.6 Å². The van der Waals surface area contributed by atoms with Crippen LogP contribution in [-0.2, 0) is 20.6 Å². The second-order valence-electron chi connectivity index (χ2n) is 8.20. The van der Waals surface area contributed by atoms with Crippen molar-refractivity contribution in [1.29, 1.82) is 0 Å². The summed E-state index contributed by atoms with van der Waals surface area (Å²) in [4.78, 5) is 0. The highest BCUT2D eigenvalue weighted by atomic mass is 19.1. The minimum Gasteiger partial charge on any atom is -0.330 e. The largest absolute Gasteiger partial charge is 0.330 e. The Morgan fingerprint density at radius 2 is 1.32 bits per heavy atom. The van der Waals surface area contributed by atoms with Gasteiger partial charge in [-0.15, -0.1) is 0 Å². The summed E-state index contributed by atoms with van der Waals surface area (Å²) in [5.41, 5.74) is 0.588. The van der Waals surface area contributed by atoms with Crippen molar-refractivity contribution in [1.82, 2.24) is 0 Å². The summed E-state index contributed by atoms with van der Waals surface area (Å²) in [5.74, 6) is -0.971. The van der Waals surface area contributed by atoms with Crippen molar-refractivity contribution in [3.05, 3.63) is 35.4 Å². The zero-order valence-electron chi connectivity index (χ0n) is 20.0. The van der Waals surface area contributed by atoms with E-state index in [4.69, 9.17) is 14.2 Å². The summed E-state index contributed by atoms with van der Waals surface area (Å²) in [6, 6.07) is 3.83. The fraction of sp³-hybridized carbons (Fsp3) is 0.769. The van der Waals surface area contributed by atoms with Crippen LogP contribution in [0.5, 0.6) is 0 Å². The number of halogens is 2. The van der Waals surface area contributed by atoms with Crippen molar-refractivity contribution >= 4 is 0 Å². The lowest BCUT2D eigenvalue weighted by Crippen LogP contribution is -2.27. The van der Waals surface area contributed by atoms with E-state index in [0.717, 1.165) is 44.6 Å². The Bertz CT molecular complexity index is 547. The first-order chi connectivity index (χ1) is 15.1. The molecule has 0 N–H and O–H groups in total. The molecule has 180 valence electrons. The summed E-state index contributed by atoms with van der Waals surface area (Å²) in [7, 11) is 0. The van der Waals surface area contributed by atoms with Crippen LogP contribution in [0.15, 0.2) is 18.2 Å². The third-order valence-electron chi connectivity index (χ3n) is 5.53. The fourth-order valence-corrected chi connectivity index (χ4v) is 3.75. The summed E-state index contributed by atoms with van der Waals surface area (Å²) in [5, 5.41) is 0. The number of rotatable bonds is 20. The quantitative estimate of drug-likeness (QED) is 0.151. The van der Waals surface area contributed by atoms with E-state index in [9.17, 15) is 8.78 Å². The summed E-state index contributed by atoms with van der Waals surface area (Å²) in [6.07, 6.45) is 14.5. The van der Waals surface area contributed by atoms with Crippen LogP contribution in [0.3, 0.4) is 0 Å². The van der Waals surface area contributed by atoms with Crippen LogP contribution in [0.1, 0.15) is 103 Å². The molecule has 1 rings (SSSR count). The molecule has 31 heavy (non-hydrogen) atoms.